The molecule has 4 rings (SSSR count). The summed E-state index contributed by atoms with van der Waals surface area (Å²) >= 11 is 0. The maximum absolute atomic E-state index is 13.5. The molecule has 2 saturated carbocycles. The Hall–Kier alpha value is -3.11. The topological polar surface area (TPSA) is 181 Å². The lowest BCUT2D eigenvalue weighted by Gasteiger charge is -2.54. The van der Waals surface area contributed by atoms with Gasteiger partial charge in [0.1, 0.15) is 5.75 Å². The number of hydrogen-bond donors (Lipinski definition) is 4. The first-order valence-corrected chi connectivity index (χ1v) is 9.86. The molecular weight excluding hydrogens is 406 g/mol. The molecule has 0 radical (unpaired) electrons. The number of hydrogen-bond acceptors (Lipinski definition) is 9. The predicted molar refractivity (Wildman–Crippen MR) is 106 cm³/mol. The summed E-state index contributed by atoms with van der Waals surface area (Å²) in [6, 6.07) is 1.97. The lowest BCUT2D eigenvalue weighted by Crippen LogP contribution is -2.74. The molecule has 10 heteroatoms. The summed E-state index contributed by atoms with van der Waals surface area (Å²) < 4.78 is 0. The van der Waals surface area contributed by atoms with Gasteiger partial charge in [0.15, 0.2) is 34.7 Å². The van der Waals surface area contributed by atoms with E-state index in [1.165, 1.54) is 12.1 Å². The number of ketones is 4. The average molecular weight is 429 g/mol. The highest BCUT2D eigenvalue weighted by atomic mass is 16.3. The van der Waals surface area contributed by atoms with Crippen molar-refractivity contribution in [2.45, 2.75) is 24.5 Å². The quantitative estimate of drug-likeness (QED) is 0.246. The van der Waals surface area contributed by atoms with E-state index in [4.69, 9.17) is 11.5 Å². The van der Waals surface area contributed by atoms with Crippen molar-refractivity contribution >= 4 is 34.7 Å². The van der Waals surface area contributed by atoms with Gasteiger partial charge in [-0.3, -0.25) is 24.0 Å². The molecule has 0 aliphatic heterocycles. The second-order valence-electron chi connectivity index (χ2n) is 8.80. The third-order valence-corrected chi connectivity index (χ3v) is 7.03. The molecule has 4 unspecified atom stereocenters. The van der Waals surface area contributed by atoms with Gasteiger partial charge in [0.2, 0.25) is 5.91 Å². The summed E-state index contributed by atoms with van der Waals surface area (Å²) in [7, 11) is 3.30. The molecule has 3 aliphatic carbocycles. The Labute approximate surface area is 177 Å². The number of aliphatic hydroxyl groups is 1. The van der Waals surface area contributed by atoms with E-state index in [1.807, 2.05) is 0 Å². The van der Waals surface area contributed by atoms with Crippen LogP contribution < -0.4 is 11.5 Å². The number of nitrogen functional groups attached to an aromatic ring is 1. The number of phenolic OH excluding ortho intramolecular Hbond substituents is 1. The van der Waals surface area contributed by atoms with Crippen LogP contribution in [0.25, 0.3) is 0 Å². The molecule has 0 saturated heterocycles. The first-order chi connectivity index (χ1) is 14.4. The van der Waals surface area contributed by atoms with Crippen molar-refractivity contribution in [2.75, 3.05) is 19.8 Å². The summed E-state index contributed by atoms with van der Waals surface area (Å²) in [4.78, 5) is 65.9. The SMILES string of the molecule is CN(C)[C@H]1C2Cc3c(N)ccc(O)c3C(=O)C2C(=O)[C@]2(O)C(=O)C(C(N)=O)C(=O)CC12. The van der Waals surface area contributed by atoms with Crippen LogP contribution in [-0.4, -0.2) is 69.9 Å². The van der Waals surface area contributed by atoms with Crippen molar-refractivity contribution in [1.29, 1.82) is 0 Å². The Bertz CT molecular complexity index is 1070. The fourth-order valence-corrected chi connectivity index (χ4v) is 5.75. The van der Waals surface area contributed by atoms with E-state index in [1.54, 1.807) is 19.0 Å². The molecule has 6 N–H and O–H groups in total. The first kappa shape index (κ1) is 21.1. The Kier molecular flexibility index (Phi) is 4.56. The average Bonchev–Trinajstić information content (AvgIpc) is 2.67. The van der Waals surface area contributed by atoms with Gasteiger partial charge in [-0.15, -0.1) is 0 Å². The second kappa shape index (κ2) is 6.69. The van der Waals surface area contributed by atoms with E-state index >= 15 is 0 Å². The lowest BCUT2D eigenvalue weighted by molar-refractivity contribution is -0.181. The van der Waals surface area contributed by atoms with Crippen LogP contribution in [0.2, 0.25) is 0 Å². The molecule has 10 nitrogen and oxygen atoms in total. The lowest BCUT2D eigenvalue weighted by atomic mass is 9.51. The van der Waals surface area contributed by atoms with E-state index in [0.29, 0.717) is 5.56 Å². The Morgan fingerprint density at radius 3 is 2.35 bits per heavy atom. The van der Waals surface area contributed by atoms with Crippen LogP contribution >= 0.6 is 0 Å². The van der Waals surface area contributed by atoms with Crippen molar-refractivity contribution in [3.63, 3.8) is 0 Å². The molecule has 3 aliphatic rings. The van der Waals surface area contributed by atoms with Gasteiger partial charge < -0.3 is 26.6 Å². The number of nitrogens with zero attached hydrogens (tertiary/aromatic N) is 1. The van der Waals surface area contributed by atoms with E-state index in [-0.39, 0.29) is 23.4 Å². The van der Waals surface area contributed by atoms with Crippen LogP contribution in [0.1, 0.15) is 22.3 Å². The van der Waals surface area contributed by atoms with Crippen molar-refractivity contribution in [2.24, 2.45) is 29.4 Å². The van der Waals surface area contributed by atoms with Crippen LogP contribution in [0, 0.1) is 23.7 Å². The number of rotatable bonds is 2. The molecular formula is C21H23N3O7. The Balaban J connectivity index is 1.93. The number of primary amides is 1. The molecule has 6 atom stereocenters. The smallest absolute Gasteiger partial charge is 0.235 e. The van der Waals surface area contributed by atoms with Gasteiger partial charge in [-0.05, 0) is 44.1 Å². The number of fused-ring (bicyclic) bond motifs is 3. The number of anilines is 1. The number of phenols is 1. The maximum Gasteiger partial charge on any atom is 0.235 e. The molecule has 2 fully saturated rings. The predicted octanol–water partition coefficient (Wildman–Crippen LogP) is -1.55. The highest BCUT2D eigenvalue weighted by Gasteiger charge is 2.69. The maximum atomic E-state index is 13.5. The van der Waals surface area contributed by atoms with Gasteiger partial charge in [0, 0.05) is 24.1 Å². The highest BCUT2D eigenvalue weighted by Crippen LogP contribution is 2.51. The number of benzene rings is 1. The van der Waals surface area contributed by atoms with Crippen molar-refractivity contribution in [1.82, 2.24) is 4.90 Å². The number of carbonyl (C=O) groups is 5. The van der Waals surface area contributed by atoms with Gasteiger partial charge in [0.05, 0.1) is 11.5 Å². The summed E-state index contributed by atoms with van der Waals surface area (Å²) in [5.41, 5.74) is 9.07. The monoisotopic (exact) mass is 429 g/mol. The molecule has 0 bridgehead atoms. The summed E-state index contributed by atoms with van der Waals surface area (Å²) in [6.45, 7) is 0. The van der Waals surface area contributed by atoms with Gasteiger partial charge in [-0.25, -0.2) is 0 Å². The third kappa shape index (κ3) is 2.61. The number of Topliss-reactive ketones (excluding diaryl/α,β-unsaturated/α-hetero) is 4. The minimum Gasteiger partial charge on any atom is -0.507 e. The van der Waals surface area contributed by atoms with Crippen LogP contribution in [0.5, 0.6) is 5.75 Å². The van der Waals surface area contributed by atoms with Gasteiger partial charge in [-0.1, -0.05) is 0 Å². The molecule has 1 aromatic carbocycles. The van der Waals surface area contributed by atoms with Crippen molar-refractivity contribution in [3.8, 4) is 5.75 Å². The Morgan fingerprint density at radius 1 is 1.13 bits per heavy atom. The molecule has 0 heterocycles. The zero-order valence-corrected chi connectivity index (χ0v) is 17.0. The van der Waals surface area contributed by atoms with E-state index < -0.39 is 70.8 Å². The van der Waals surface area contributed by atoms with Crippen LogP contribution in [0.4, 0.5) is 5.69 Å². The normalized spacial score (nSPS) is 34.9. The second-order valence-corrected chi connectivity index (χ2v) is 8.80. The minimum atomic E-state index is -2.72. The van der Waals surface area contributed by atoms with E-state index in [9.17, 15) is 34.2 Å². The molecule has 0 aromatic heterocycles. The summed E-state index contributed by atoms with van der Waals surface area (Å²) in [6.07, 6.45) is -0.279. The summed E-state index contributed by atoms with van der Waals surface area (Å²) in [5.74, 6) is -10.7. The van der Waals surface area contributed by atoms with Crippen LogP contribution in [0.15, 0.2) is 12.1 Å². The van der Waals surface area contributed by atoms with Gasteiger partial charge >= 0.3 is 0 Å². The Morgan fingerprint density at radius 2 is 1.77 bits per heavy atom. The zero-order valence-electron chi connectivity index (χ0n) is 17.0. The molecule has 1 amide bonds. The largest absolute Gasteiger partial charge is 0.507 e. The number of nitrogens with two attached hydrogens (primary N) is 2. The third-order valence-electron chi connectivity index (χ3n) is 7.03. The molecule has 31 heavy (non-hydrogen) atoms. The fourth-order valence-electron chi connectivity index (χ4n) is 5.75. The van der Waals surface area contributed by atoms with Crippen molar-refractivity contribution in [3.05, 3.63) is 23.3 Å². The van der Waals surface area contributed by atoms with E-state index in [2.05, 4.69) is 0 Å². The van der Waals surface area contributed by atoms with Gasteiger partial charge in [0.25, 0.3) is 0 Å². The van der Waals surface area contributed by atoms with Crippen LogP contribution in [0.3, 0.4) is 0 Å². The highest BCUT2D eigenvalue weighted by molar-refractivity contribution is 6.31. The van der Waals surface area contributed by atoms with Crippen LogP contribution in [-0.2, 0) is 25.6 Å². The first-order valence-electron chi connectivity index (χ1n) is 9.86. The zero-order chi connectivity index (χ0) is 23.0. The minimum absolute atomic E-state index is 0.111. The van der Waals surface area contributed by atoms with Gasteiger partial charge in [-0.2, -0.15) is 0 Å². The molecule has 0 spiro atoms. The van der Waals surface area contributed by atoms with Crippen molar-refractivity contribution < 1.29 is 34.2 Å². The number of amides is 1. The van der Waals surface area contributed by atoms with E-state index in [0.717, 1.165) is 0 Å². The fraction of sp³-hybridized carbons (Fsp3) is 0.476. The number of carbonyl (C=O) groups excluding carboxylic acids is 5. The molecule has 1 aromatic rings. The molecule has 164 valence electrons. The summed E-state index contributed by atoms with van der Waals surface area (Å²) in [5, 5.41) is 21.7. The number of aromatic hydroxyl groups is 1. The standard InChI is InChI=1S/C21H23N3O7/c1-24(2)16-8-5-7-10(22)3-4-11(25)13(7)17(27)14(8)18(28)21(31)9(16)6-12(26)15(19(21)29)20(23)30/h3-4,8-9,14-16,25,31H,5-6,22H2,1-2H3,(H2,23,30)/t8?,9?,14?,15?,16-,21-/m0/s1.